The van der Waals surface area contributed by atoms with Crippen LogP contribution in [0.2, 0.25) is 0 Å². The number of hydrogen-bond donors (Lipinski definition) is 2. The number of sulfone groups is 1. The molecule has 0 aliphatic heterocycles. The van der Waals surface area contributed by atoms with Crippen molar-refractivity contribution in [2.24, 2.45) is 5.73 Å². The lowest BCUT2D eigenvalue weighted by Gasteiger charge is -2.08. The molecular formula is C11H16N2O3S. The van der Waals surface area contributed by atoms with E-state index in [1.165, 1.54) is 19.1 Å². The van der Waals surface area contributed by atoms with Crippen molar-refractivity contribution < 1.29 is 13.2 Å². The number of rotatable bonds is 4. The predicted molar refractivity (Wildman–Crippen MR) is 66.4 cm³/mol. The molecule has 0 fully saturated rings. The lowest BCUT2D eigenvalue weighted by molar-refractivity contribution is -0.114. The summed E-state index contributed by atoms with van der Waals surface area (Å²) in [5.41, 5.74) is 6.04. The van der Waals surface area contributed by atoms with Crippen molar-refractivity contribution in [1.82, 2.24) is 0 Å². The van der Waals surface area contributed by atoms with Gasteiger partial charge in [-0.3, -0.25) is 4.79 Å². The Morgan fingerprint density at radius 3 is 2.29 bits per heavy atom. The molecular weight excluding hydrogens is 240 g/mol. The molecule has 94 valence electrons. The molecule has 0 radical (unpaired) electrons. The van der Waals surface area contributed by atoms with Gasteiger partial charge in [-0.1, -0.05) is 0 Å². The second kappa shape index (κ2) is 5.29. The highest BCUT2D eigenvalue weighted by atomic mass is 32.2. The van der Waals surface area contributed by atoms with E-state index in [0.29, 0.717) is 5.69 Å². The van der Waals surface area contributed by atoms with Gasteiger partial charge in [0.1, 0.15) is 0 Å². The van der Waals surface area contributed by atoms with Crippen LogP contribution in [0.15, 0.2) is 29.2 Å². The quantitative estimate of drug-likeness (QED) is 0.832. The largest absolute Gasteiger partial charge is 0.327 e. The Hall–Kier alpha value is -1.40. The van der Waals surface area contributed by atoms with Crippen molar-refractivity contribution in [2.45, 2.75) is 24.8 Å². The number of anilines is 1. The summed E-state index contributed by atoms with van der Waals surface area (Å²) >= 11 is 0. The predicted octanol–water partition coefficient (Wildman–Crippen LogP) is 0.766. The van der Waals surface area contributed by atoms with Gasteiger partial charge in [-0.05, 0) is 31.2 Å². The molecule has 1 aromatic rings. The minimum atomic E-state index is -3.34. The van der Waals surface area contributed by atoms with Gasteiger partial charge in [-0.15, -0.1) is 0 Å². The molecule has 5 nitrogen and oxygen atoms in total. The van der Waals surface area contributed by atoms with E-state index in [2.05, 4.69) is 5.32 Å². The lowest BCUT2D eigenvalue weighted by atomic mass is 10.3. The van der Waals surface area contributed by atoms with E-state index in [1.54, 1.807) is 19.1 Å². The number of hydrogen-bond acceptors (Lipinski definition) is 4. The molecule has 0 saturated heterocycles. The van der Waals surface area contributed by atoms with Gasteiger partial charge in [0.25, 0.3) is 0 Å². The van der Waals surface area contributed by atoms with Gasteiger partial charge >= 0.3 is 0 Å². The molecule has 17 heavy (non-hydrogen) atoms. The first-order valence-corrected chi connectivity index (χ1v) is 6.82. The van der Waals surface area contributed by atoms with Gasteiger partial charge in [0.15, 0.2) is 9.84 Å². The van der Waals surface area contributed by atoms with Crippen LogP contribution in [0.3, 0.4) is 0 Å². The third-order valence-corrected chi connectivity index (χ3v) is 3.97. The minimum absolute atomic E-state index is 0.0908. The number of carbonyl (C=O) groups is 1. The highest BCUT2D eigenvalue weighted by molar-refractivity contribution is 7.91. The van der Waals surface area contributed by atoms with Crippen molar-refractivity contribution in [1.29, 1.82) is 0 Å². The smallest absolute Gasteiger partial charge is 0.221 e. The zero-order valence-electron chi connectivity index (χ0n) is 9.80. The summed E-state index contributed by atoms with van der Waals surface area (Å²) in [5, 5.41) is 2.57. The summed E-state index contributed by atoms with van der Waals surface area (Å²) in [6.45, 7) is 3.03. The minimum Gasteiger partial charge on any atom is -0.327 e. The third-order valence-electron chi connectivity index (χ3n) is 2.02. The van der Waals surface area contributed by atoms with Crippen LogP contribution in [0, 0.1) is 0 Å². The van der Waals surface area contributed by atoms with E-state index in [-0.39, 0.29) is 16.6 Å². The molecule has 0 spiro atoms. The summed E-state index contributed by atoms with van der Waals surface area (Å²) in [6.07, 6.45) is 0. The van der Waals surface area contributed by atoms with Crippen LogP contribution in [0.4, 0.5) is 5.69 Å². The second-order valence-electron chi connectivity index (χ2n) is 3.96. The van der Waals surface area contributed by atoms with E-state index in [4.69, 9.17) is 5.73 Å². The Labute approximate surface area is 101 Å². The maximum absolute atomic E-state index is 11.8. The summed E-state index contributed by atoms with van der Waals surface area (Å²) in [5.74, 6) is -0.289. The summed E-state index contributed by atoms with van der Waals surface area (Å²) in [4.78, 5) is 11.0. The fourth-order valence-electron chi connectivity index (χ4n) is 1.39. The highest BCUT2D eigenvalue weighted by Crippen LogP contribution is 2.15. The van der Waals surface area contributed by atoms with E-state index in [0.717, 1.165) is 0 Å². The Balaban J connectivity index is 2.91. The highest BCUT2D eigenvalue weighted by Gasteiger charge is 2.16. The fourth-order valence-corrected chi connectivity index (χ4v) is 2.83. The maximum atomic E-state index is 11.8. The number of amides is 1. The number of nitrogens with two attached hydrogens (primary N) is 1. The van der Waals surface area contributed by atoms with Crippen LogP contribution in [0.1, 0.15) is 13.8 Å². The Morgan fingerprint density at radius 2 is 1.88 bits per heavy atom. The van der Waals surface area contributed by atoms with Crippen molar-refractivity contribution in [3.8, 4) is 0 Å². The number of carbonyl (C=O) groups excluding carboxylic acids is 1. The van der Waals surface area contributed by atoms with Crippen LogP contribution in [-0.2, 0) is 14.6 Å². The first kappa shape index (κ1) is 13.7. The molecule has 1 aromatic carbocycles. The van der Waals surface area contributed by atoms with Crippen LogP contribution in [0.5, 0.6) is 0 Å². The average Bonchev–Trinajstić information content (AvgIpc) is 2.15. The van der Waals surface area contributed by atoms with E-state index >= 15 is 0 Å². The lowest BCUT2D eigenvalue weighted by Crippen LogP contribution is -2.26. The van der Waals surface area contributed by atoms with E-state index < -0.39 is 15.9 Å². The van der Waals surface area contributed by atoms with Gasteiger partial charge in [-0.2, -0.15) is 0 Å². The van der Waals surface area contributed by atoms with Crippen molar-refractivity contribution in [2.75, 3.05) is 11.1 Å². The molecule has 3 N–H and O–H groups in total. The van der Waals surface area contributed by atoms with Gasteiger partial charge in [0.05, 0.1) is 10.6 Å². The molecule has 0 bridgehead atoms. The van der Waals surface area contributed by atoms with Gasteiger partial charge in [0, 0.05) is 18.7 Å². The average molecular weight is 256 g/mol. The molecule has 1 rings (SSSR count). The van der Waals surface area contributed by atoms with Crippen molar-refractivity contribution >= 4 is 21.4 Å². The van der Waals surface area contributed by atoms with E-state index in [1.807, 2.05) is 0 Å². The summed E-state index contributed by atoms with van der Waals surface area (Å²) in [6, 6.07) is 5.62. The maximum Gasteiger partial charge on any atom is 0.221 e. The molecule has 1 amide bonds. The second-order valence-corrected chi connectivity index (χ2v) is 6.00. The van der Waals surface area contributed by atoms with Gasteiger partial charge < -0.3 is 11.1 Å². The summed E-state index contributed by atoms with van der Waals surface area (Å²) < 4.78 is 23.6. The van der Waals surface area contributed by atoms with Crippen LogP contribution in [-0.4, -0.2) is 26.1 Å². The molecule has 1 atom stereocenters. The van der Waals surface area contributed by atoms with Crippen molar-refractivity contribution in [3.63, 3.8) is 0 Å². The van der Waals surface area contributed by atoms with Crippen LogP contribution in [0.25, 0.3) is 0 Å². The van der Waals surface area contributed by atoms with Crippen LogP contribution >= 0.6 is 0 Å². The summed E-state index contributed by atoms with van der Waals surface area (Å²) in [7, 11) is -3.34. The molecule has 0 aliphatic rings. The third kappa shape index (κ3) is 4.16. The monoisotopic (exact) mass is 256 g/mol. The Kier molecular flexibility index (Phi) is 4.25. The normalized spacial score (nSPS) is 13.1. The van der Waals surface area contributed by atoms with Gasteiger partial charge in [0.2, 0.25) is 5.91 Å². The first-order chi connectivity index (χ1) is 7.81. The number of benzene rings is 1. The SMILES string of the molecule is CC(=O)Nc1ccc(S(=O)(=O)CC(C)N)cc1. The van der Waals surface area contributed by atoms with E-state index in [9.17, 15) is 13.2 Å². The molecule has 0 heterocycles. The zero-order chi connectivity index (χ0) is 13.1. The van der Waals surface area contributed by atoms with Gasteiger partial charge in [-0.25, -0.2) is 8.42 Å². The molecule has 0 aliphatic carbocycles. The molecule has 6 heteroatoms. The Morgan fingerprint density at radius 1 is 1.35 bits per heavy atom. The molecule has 0 saturated carbocycles. The topological polar surface area (TPSA) is 89.3 Å². The van der Waals surface area contributed by atoms with Crippen molar-refractivity contribution in [3.05, 3.63) is 24.3 Å². The first-order valence-electron chi connectivity index (χ1n) is 5.17. The zero-order valence-corrected chi connectivity index (χ0v) is 10.6. The molecule has 1 unspecified atom stereocenters. The van der Waals surface area contributed by atoms with Crippen LogP contribution < -0.4 is 11.1 Å². The standard InChI is InChI=1S/C11H16N2O3S/c1-8(12)7-17(15,16)11-5-3-10(4-6-11)13-9(2)14/h3-6,8H,7,12H2,1-2H3,(H,13,14). The fraction of sp³-hybridized carbons (Fsp3) is 0.364. The Bertz CT molecular complexity index is 492. The number of nitrogens with one attached hydrogen (secondary N) is 1. The molecule has 0 aromatic heterocycles.